The van der Waals surface area contributed by atoms with Crippen LogP contribution in [0.2, 0.25) is 0 Å². The number of alkyl halides is 1. The Balaban J connectivity index is 3.75. The predicted octanol–water partition coefficient (Wildman–Crippen LogP) is -0.853. The quantitative estimate of drug-likeness (QED) is 0.635. The lowest BCUT2D eigenvalue weighted by Gasteiger charge is -2.11. The number of amides is 2. The molecule has 0 aromatic carbocycles. The Morgan fingerprint density at radius 1 is 1.27 bits per heavy atom. The number of rotatable bonds is 6. The molecule has 0 aromatic rings. The van der Waals surface area contributed by atoms with Gasteiger partial charge in [0.25, 0.3) is 0 Å². The van der Waals surface area contributed by atoms with Crippen LogP contribution >= 0.6 is 0 Å². The molecule has 0 aromatic heterocycles. The number of urea groups is 1. The van der Waals surface area contributed by atoms with Gasteiger partial charge in [-0.25, -0.2) is 21.9 Å². The molecular formula is C7H16FN3O3S. The van der Waals surface area contributed by atoms with E-state index in [1.54, 1.807) is 0 Å². The van der Waals surface area contributed by atoms with E-state index in [-0.39, 0.29) is 18.8 Å². The Morgan fingerprint density at radius 3 is 2.27 bits per heavy atom. The van der Waals surface area contributed by atoms with Crippen LogP contribution in [0.4, 0.5) is 9.18 Å². The third-order valence-corrected chi connectivity index (χ3v) is 3.41. The average molecular weight is 241 g/mol. The van der Waals surface area contributed by atoms with E-state index in [1.165, 1.54) is 14.1 Å². The topological polar surface area (TPSA) is 78.5 Å². The van der Waals surface area contributed by atoms with Crippen LogP contribution in [0, 0.1) is 0 Å². The van der Waals surface area contributed by atoms with Crippen molar-refractivity contribution in [3.63, 3.8) is 0 Å². The largest absolute Gasteiger partial charge is 0.337 e. The van der Waals surface area contributed by atoms with Crippen LogP contribution in [-0.2, 0) is 10.0 Å². The summed E-state index contributed by atoms with van der Waals surface area (Å²) in [7, 11) is -0.467. The molecule has 0 atom stereocenters. The van der Waals surface area contributed by atoms with Gasteiger partial charge in [0.05, 0.1) is 5.75 Å². The zero-order valence-electron chi connectivity index (χ0n) is 8.79. The monoisotopic (exact) mass is 241 g/mol. The van der Waals surface area contributed by atoms with Crippen molar-refractivity contribution in [2.75, 3.05) is 39.6 Å². The zero-order chi connectivity index (χ0) is 11.9. The minimum atomic E-state index is -3.30. The van der Waals surface area contributed by atoms with Crippen LogP contribution < -0.4 is 10.6 Å². The second kappa shape index (κ2) is 6.57. The van der Waals surface area contributed by atoms with Gasteiger partial charge >= 0.3 is 6.03 Å². The van der Waals surface area contributed by atoms with Crippen LogP contribution in [0.25, 0.3) is 0 Å². The Labute approximate surface area is 88.9 Å². The van der Waals surface area contributed by atoms with E-state index in [0.717, 1.165) is 4.31 Å². The van der Waals surface area contributed by atoms with E-state index in [0.29, 0.717) is 0 Å². The molecule has 2 N–H and O–H groups in total. The maximum Gasteiger partial charge on any atom is 0.314 e. The highest BCUT2D eigenvalue weighted by molar-refractivity contribution is 7.89. The summed E-state index contributed by atoms with van der Waals surface area (Å²) in [4.78, 5) is 10.9. The molecule has 0 saturated heterocycles. The SMILES string of the molecule is CN(C)S(=O)(=O)CCNC(=O)NCCF. The molecule has 0 spiro atoms. The lowest BCUT2D eigenvalue weighted by atomic mass is 10.7. The van der Waals surface area contributed by atoms with Crippen molar-refractivity contribution < 1.29 is 17.6 Å². The molecule has 0 bridgehead atoms. The number of carbonyl (C=O) groups is 1. The summed E-state index contributed by atoms with van der Waals surface area (Å²) in [5, 5.41) is 4.52. The first kappa shape index (κ1) is 14.1. The van der Waals surface area contributed by atoms with Crippen molar-refractivity contribution in [3.05, 3.63) is 0 Å². The highest BCUT2D eigenvalue weighted by Gasteiger charge is 2.13. The molecule has 15 heavy (non-hydrogen) atoms. The number of carbonyl (C=O) groups excluding carboxylic acids is 1. The van der Waals surface area contributed by atoms with E-state index < -0.39 is 22.7 Å². The van der Waals surface area contributed by atoms with Gasteiger partial charge in [-0.3, -0.25) is 0 Å². The summed E-state index contributed by atoms with van der Waals surface area (Å²) in [5.74, 6) is -0.178. The standard InChI is InChI=1S/C7H16FN3O3S/c1-11(2)15(13,14)6-5-10-7(12)9-4-3-8/h3-6H2,1-2H3,(H2,9,10,12). The summed E-state index contributed by atoms with van der Waals surface area (Å²) in [6, 6.07) is -0.568. The summed E-state index contributed by atoms with van der Waals surface area (Å²) in [6.07, 6.45) is 0. The maximum atomic E-state index is 11.6. The van der Waals surface area contributed by atoms with Crippen molar-refractivity contribution in [1.29, 1.82) is 0 Å². The minimum Gasteiger partial charge on any atom is -0.337 e. The Hall–Kier alpha value is -0.890. The number of hydrogen-bond acceptors (Lipinski definition) is 3. The van der Waals surface area contributed by atoms with E-state index >= 15 is 0 Å². The fourth-order valence-electron chi connectivity index (χ4n) is 0.699. The molecule has 0 unspecified atom stereocenters. The molecule has 8 heteroatoms. The van der Waals surface area contributed by atoms with Gasteiger partial charge < -0.3 is 10.6 Å². The molecule has 0 aliphatic rings. The van der Waals surface area contributed by atoms with Crippen molar-refractivity contribution >= 4 is 16.1 Å². The zero-order valence-corrected chi connectivity index (χ0v) is 9.60. The fraction of sp³-hybridized carbons (Fsp3) is 0.857. The van der Waals surface area contributed by atoms with Crippen molar-refractivity contribution in [2.45, 2.75) is 0 Å². The van der Waals surface area contributed by atoms with Crippen molar-refractivity contribution in [2.24, 2.45) is 0 Å². The van der Waals surface area contributed by atoms with Gasteiger partial charge in [0.15, 0.2) is 0 Å². The molecule has 0 radical (unpaired) electrons. The lowest BCUT2D eigenvalue weighted by molar-refractivity contribution is 0.240. The fourth-order valence-corrected chi connectivity index (χ4v) is 1.42. The molecule has 0 rings (SSSR count). The Bertz CT molecular complexity index is 292. The third kappa shape index (κ3) is 6.24. The highest BCUT2D eigenvalue weighted by atomic mass is 32.2. The number of halogens is 1. The number of hydrogen-bond donors (Lipinski definition) is 2. The average Bonchev–Trinajstić information content (AvgIpc) is 2.14. The Kier molecular flexibility index (Phi) is 6.18. The van der Waals surface area contributed by atoms with Crippen LogP contribution in [-0.4, -0.2) is 58.4 Å². The van der Waals surface area contributed by atoms with Crippen LogP contribution in [0.3, 0.4) is 0 Å². The van der Waals surface area contributed by atoms with E-state index in [4.69, 9.17) is 0 Å². The van der Waals surface area contributed by atoms with Gasteiger partial charge in [0, 0.05) is 27.2 Å². The second-order valence-electron chi connectivity index (χ2n) is 2.97. The maximum absolute atomic E-state index is 11.6. The number of nitrogens with one attached hydrogen (secondary N) is 2. The molecule has 0 heterocycles. The van der Waals surface area contributed by atoms with E-state index in [1.807, 2.05) is 0 Å². The summed E-state index contributed by atoms with van der Waals surface area (Å²) < 4.78 is 35.1. The highest BCUT2D eigenvalue weighted by Crippen LogP contribution is 1.91. The first-order valence-electron chi connectivity index (χ1n) is 4.38. The van der Waals surface area contributed by atoms with Gasteiger partial charge in [-0.2, -0.15) is 0 Å². The molecule has 6 nitrogen and oxygen atoms in total. The first-order valence-corrected chi connectivity index (χ1v) is 5.99. The molecule has 0 aliphatic carbocycles. The van der Waals surface area contributed by atoms with Gasteiger partial charge in [-0.1, -0.05) is 0 Å². The van der Waals surface area contributed by atoms with Crippen LogP contribution in [0.1, 0.15) is 0 Å². The molecule has 0 aliphatic heterocycles. The molecule has 2 amide bonds. The Morgan fingerprint density at radius 2 is 1.80 bits per heavy atom. The van der Waals surface area contributed by atoms with Crippen LogP contribution in [0.15, 0.2) is 0 Å². The van der Waals surface area contributed by atoms with Gasteiger partial charge in [0.2, 0.25) is 10.0 Å². The molecule has 0 fully saturated rings. The van der Waals surface area contributed by atoms with Gasteiger partial charge in [0.1, 0.15) is 6.67 Å². The number of nitrogens with zero attached hydrogens (tertiary/aromatic N) is 1. The third-order valence-electron chi connectivity index (χ3n) is 1.58. The van der Waals surface area contributed by atoms with E-state index in [9.17, 15) is 17.6 Å². The smallest absolute Gasteiger partial charge is 0.314 e. The van der Waals surface area contributed by atoms with Crippen LogP contribution in [0.5, 0.6) is 0 Å². The van der Waals surface area contributed by atoms with Gasteiger partial charge in [-0.15, -0.1) is 0 Å². The summed E-state index contributed by atoms with van der Waals surface area (Å²) >= 11 is 0. The number of sulfonamides is 1. The summed E-state index contributed by atoms with van der Waals surface area (Å²) in [5.41, 5.74) is 0. The minimum absolute atomic E-state index is 0.00136. The van der Waals surface area contributed by atoms with Crippen molar-refractivity contribution in [1.82, 2.24) is 14.9 Å². The van der Waals surface area contributed by atoms with Crippen molar-refractivity contribution in [3.8, 4) is 0 Å². The second-order valence-corrected chi connectivity index (χ2v) is 5.27. The van der Waals surface area contributed by atoms with Gasteiger partial charge in [-0.05, 0) is 0 Å². The predicted molar refractivity (Wildman–Crippen MR) is 54.9 cm³/mol. The first-order chi connectivity index (χ1) is 6.90. The normalized spacial score (nSPS) is 11.5. The molecule has 90 valence electrons. The molecular weight excluding hydrogens is 225 g/mol. The lowest BCUT2D eigenvalue weighted by Crippen LogP contribution is -2.40. The molecule has 0 saturated carbocycles. The van der Waals surface area contributed by atoms with E-state index in [2.05, 4.69) is 10.6 Å². The summed E-state index contributed by atoms with van der Waals surface area (Å²) in [6.45, 7) is -0.728.